The van der Waals surface area contributed by atoms with Gasteiger partial charge in [-0.15, -0.1) is 0 Å². The predicted molar refractivity (Wildman–Crippen MR) is 127 cm³/mol. The van der Waals surface area contributed by atoms with Crippen LogP contribution in [0.5, 0.6) is 11.5 Å². The number of hydrogen-bond donors (Lipinski definition) is 2. The third-order valence-electron chi connectivity index (χ3n) is 4.87. The topological polar surface area (TPSA) is 125 Å². The summed E-state index contributed by atoms with van der Waals surface area (Å²) in [5.41, 5.74) is 0.374. The van der Waals surface area contributed by atoms with Gasteiger partial charge in [0, 0.05) is 25.4 Å². The van der Waals surface area contributed by atoms with Gasteiger partial charge in [-0.2, -0.15) is 0 Å². The zero-order chi connectivity index (χ0) is 25.5. The molecule has 0 spiro atoms. The fourth-order valence-electron chi connectivity index (χ4n) is 3.12. The molecule has 0 saturated carbocycles. The van der Waals surface area contributed by atoms with E-state index in [-0.39, 0.29) is 39.0 Å². The smallest absolute Gasteiger partial charge is 0.340 e. The summed E-state index contributed by atoms with van der Waals surface area (Å²) >= 11 is 6.10. The number of amides is 3. The first-order valence-electron chi connectivity index (χ1n) is 10.2. The number of rotatable bonds is 8. The van der Waals surface area contributed by atoms with Gasteiger partial charge in [-0.05, 0) is 24.3 Å². The summed E-state index contributed by atoms with van der Waals surface area (Å²) in [6.45, 7) is -0.735. The summed E-state index contributed by atoms with van der Waals surface area (Å²) in [6.07, 6.45) is 1.65. The fourth-order valence-corrected chi connectivity index (χ4v) is 3.34. The van der Waals surface area contributed by atoms with Crippen molar-refractivity contribution < 1.29 is 33.4 Å². The van der Waals surface area contributed by atoms with Gasteiger partial charge in [-0.3, -0.25) is 19.7 Å². The van der Waals surface area contributed by atoms with E-state index in [9.17, 15) is 19.2 Å². The van der Waals surface area contributed by atoms with Gasteiger partial charge >= 0.3 is 5.97 Å². The maximum atomic E-state index is 12.8. The maximum absolute atomic E-state index is 12.8. The van der Waals surface area contributed by atoms with Gasteiger partial charge in [0.15, 0.2) is 18.1 Å². The summed E-state index contributed by atoms with van der Waals surface area (Å²) in [7, 11) is 4.41. The molecule has 10 nitrogen and oxygen atoms in total. The number of benzene rings is 2. The van der Waals surface area contributed by atoms with E-state index in [1.54, 1.807) is 37.5 Å². The van der Waals surface area contributed by atoms with Crippen LogP contribution in [0, 0.1) is 0 Å². The van der Waals surface area contributed by atoms with E-state index in [2.05, 4.69) is 10.6 Å². The zero-order valence-corrected chi connectivity index (χ0v) is 19.8. The van der Waals surface area contributed by atoms with E-state index in [0.717, 1.165) is 0 Å². The van der Waals surface area contributed by atoms with Gasteiger partial charge in [0.05, 0.1) is 36.1 Å². The van der Waals surface area contributed by atoms with E-state index < -0.39 is 30.3 Å². The molecular weight excluding hydrogens is 478 g/mol. The number of carbonyl (C=O) groups is 4. The number of nitrogens with one attached hydrogen (secondary N) is 2. The molecule has 1 aromatic heterocycles. The number of aryl methyl sites for hydroxylation is 1. The highest BCUT2D eigenvalue weighted by atomic mass is 35.5. The third kappa shape index (κ3) is 5.98. The van der Waals surface area contributed by atoms with Gasteiger partial charge in [-0.1, -0.05) is 23.7 Å². The number of aromatic nitrogens is 1. The van der Waals surface area contributed by atoms with Gasteiger partial charge < -0.3 is 24.1 Å². The van der Waals surface area contributed by atoms with Crippen molar-refractivity contribution in [2.24, 2.45) is 7.05 Å². The highest BCUT2D eigenvalue weighted by Gasteiger charge is 2.22. The molecule has 3 aromatic rings. The molecule has 35 heavy (non-hydrogen) atoms. The number of hydrogen-bond acceptors (Lipinski definition) is 7. The number of esters is 1. The molecule has 182 valence electrons. The number of methoxy groups -OCH3 is 2. The van der Waals surface area contributed by atoms with Crippen LogP contribution in [0.15, 0.2) is 54.7 Å². The standard InChI is InChI=1S/C24H22ClN3O7/c1-28-10-6-9-18(28)23(31)27-21(29)13-35-24(32)15-11-19(33-2)20(34-3)12-17(15)26-22(30)14-7-4-5-8-16(14)25/h4-12H,13H2,1-3H3,(H,26,30)(H,27,29,31). The van der Waals surface area contributed by atoms with Crippen LogP contribution in [0.4, 0.5) is 5.69 Å². The summed E-state index contributed by atoms with van der Waals surface area (Å²) in [4.78, 5) is 49.9. The Bertz CT molecular complexity index is 1290. The average molecular weight is 500 g/mol. The number of nitrogens with zero attached hydrogens (tertiary/aromatic N) is 1. The predicted octanol–water partition coefficient (Wildman–Crippen LogP) is 3.06. The Morgan fingerprint density at radius 2 is 1.60 bits per heavy atom. The fraction of sp³-hybridized carbons (Fsp3) is 0.167. The number of imide groups is 1. The van der Waals surface area contributed by atoms with Crippen molar-refractivity contribution in [3.8, 4) is 11.5 Å². The Kier molecular flexibility index (Phi) is 8.11. The number of anilines is 1. The first-order valence-corrected chi connectivity index (χ1v) is 10.6. The Morgan fingerprint density at radius 1 is 0.914 bits per heavy atom. The molecule has 0 aliphatic rings. The SMILES string of the molecule is COc1cc(NC(=O)c2ccccc2Cl)c(C(=O)OCC(=O)NC(=O)c2cccn2C)cc1OC. The van der Waals surface area contributed by atoms with Crippen LogP contribution in [-0.2, 0) is 16.6 Å². The van der Waals surface area contributed by atoms with Crippen LogP contribution in [0.25, 0.3) is 0 Å². The molecule has 0 bridgehead atoms. The van der Waals surface area contributed by atoms with Crippen molar-refractivity contribution in [1.82, 2.24) is 9.88 Å². The third-order valence-corrected chi connectivity index (χ3v) is 5.20. The largest absolute Gasteiger partial charge is 0.493 e. The second-order valence-electron chi connectivity index (χ2n) is 7.14. The molecule has 2 aromatic carbocycles. The van der Waals surface area contributed by atoms with Crippen molar-refractivity contribution in [1.29, 1.82) is 0 Å². The van der Waals surface area contributed by atoms with Crippen molar-refractivity contribution in [2.45, 2.75) is 0 Å². The van der Waals surface area contributed by atoms with E-state index >= 15 is 0 Å². The summed E-state index contributed by atoms with van der Waals surface area (Å²) in [5, 5.41) is 4.96. The Balaban J connectivity index is 1.78. The molecule has 0 fully saturated rings. The molecule has 0 radical (unpaired) electrons. The lowest BCUT2D eigenvalue weighted by atomic mass is 10.1. The maximum Gasteiger partial charge on any atom is 0.340 e. The second-order valence-corrected chi connectivity index (χ2v) is 7.55. The lowest BCUT2D eigenvalue weighted by molar-refractivity contribution is -0.123. The van der Waals surface area contributed by atoms with E-state index in [1.165, 1.54) is 43.1 Å². The summed E-state index contributed by atoms with van der Waals surface area (Å²) < 4.78 is 17.1. The quantitative estimate of drug-likeness (QED) is 0.456. The highest BCUT2D eigenvalue weighted by molar-refractivity contribution is 6.34. The van der Waals surface area contributed by atoms with Crippen LogP contribution >= 0.6 is 11.6 Å². The van der Waals surface area contributed by atoms with E-state index in [1.807, 2.05) is 0 Å². The lowest BCUT2D eigenvalue weighted by Gasteiger charge is -2.15. The minimum absolute atomic E-state index is 0.0397. The molecule has 3 amide bonds. The minimum Gasteiger partial charge on any atom is -0.493 e. The van der Waals surface area contributed by atoms with Crippen LogP contribution < -0.4 is 20.1 Å². The van der Waals surface area contributed by atoms with Crippen LogP contribution in [-0.4, -0.2) is 49.1 Å². The molecular formula is C24H22ClN3O7. The monoisotopic (exact) mass is 499 g/mol. The summed E-state index contributed by atoms with van der Waals surface area (Å²) in [5.74, 6) is -2.56. The normalized spacial score (nSPS) is 10.3. The zero-order valence-electron chi connectivity index (χ0n) is 19.1. The molecule has 0 saturated heterocycles. The van der Waals surface area contributed by atoms with E-state index in [4.69, 9.17) is 25.8 Å². The molecule has 1 heterocycles. The van der Waals surface area contributed by atoms with Gasteiger partial charge in [-0.25, -0.2) is 4.79 Å². The molecule has 3 rings (SSSR count). The molecule has 0 aliphatic carbocycles. The lowest BCUT2D eigenvalue weighted by Crippen LogP contribution is -2.35. The first-order chi connectivity index (χ1) is 16.7. The highest BCUT2D eigenvalue weighted by Crippen LogP contribution is 2.34. The van der Waals surface area contributed by atoms with Crippen molar-refractivity contribution in [3.05, 3.63) is 76.6 Å². The Morgan fingerprint density at radius 3 is 2.23 bits per heavy atom. The number of carbonyl (C=O) groups excluding carboxylic acids is 4. The molecule has 11 heteroatoms. The number of halogens is 1. The molecule has 0 aliphatic heterocycles. The van der Waals surface area contributed by atoms with Gasteiger partial charge in [0.25, 0.3) is 17.7 Å². The van der Waals surface area contributed by atoms with Crippen LogP contribution in [0.3, 0.4) is 0 Å². The van der Waals surface area contributed by atoms with Crippen molar-refractivity contribution in [2.75, 3.05) is 26.1 Å². The van der Waals surface area contributed by atoms with Crippen LogP contribution in [0.1, 0.15) is 31.2 Å². The van der Waals surface area contributed by atoms with Crippen molar-refractivity contribution in [3.63, 3.8) is 0 Å². The van der Waals surface area contributed by atoms with Crippen LogP contribution in [0.2, 0.25) is 5.02 Å². The molecule has 2 N–H and O–H groups in total. The Labute approximate surface area is 205 Å². The summed E-state index contributed by atoms with van der Waals surface area (Å²) in [6, 6.07) is 12.2. The molecule has 0 atom stereocenters. The Hall–Kier alpha value is -4.31. The second kappa shape index (κ2) is 11.2. The van der Waals surface area contributed by atoms with Crippen molar-refractivity contribution >= 4 is 41.0 Å². The number of ether oxygens (including phenoxy) is 3. The average Bonchev–Trinajstić information content (AvgIpc) is 3.28. The minimum atomic E-state index is -0.943. The first kappa shape index (κ1) is 25.3. The van der Waals surface area contributed by atoms with Gasteiger partial charge in [0.2, 0.25) is 0 Å². The van der Waals surface area contributed by atoms with Gasteiger partial charge in [0.1, 0.15) is 5.69 Å². The van der Waals surface area contributed by atoms with E-state index in [0.29, 0.717) is 0 Å². The molecule has 0 unspecified atom stereocenters.